The van der Waals surface area contributed by atoms with Crippen molar-refractivity contribution in [1.82, 2.24) is 24.4 Å². The van der Waals surface area contributed by atoms with Crippen molar-refractivity contribution in [2.24, 2.45) is 0 Å². The number of hydrogen-bond acceptors (Lipinski definition) is 8. The van der Waals surface area contributed by atoms with Gasteiger partial charge in [0.15, 0.2) is 11.5 Å². The number of amides is 1. The van der Waals surface area contributed by atoms with Crippen molar-refractivity contribution in [3.63, 3.8) is 0 Å². The number of nitrogens with one attached hydrogen (secondary N) is 2. The Bertz CT molecular complexity index is 1870. The van der Waals surface area contributed by atoms with E-state index in [9.17, 15) is 9.59 Å². The minimum atomic E-state index is -0.743. The summed E-state index contributed by atoms with van der Waals surface area (Å²) in [5.41, 5.74) is 1.42. The third kappa shape index (κ3) is 4.31. The summed E-state index contributed by atoms with van der Waals surface area (Å²) in [5.74, 6) is -1.32. The Morgan fingerprint density at radius 2 is 1.86 bits per heavy atom. The van der Waals surface area contributed by atoms with Crippen LogP contribution in [0.2, 0.25) is 0 Å². The molecular formula is C31H30F2N8O2. The Kier molecular flexibility index (Phi) is 6.37. The van der Waals surface area contributed by atoms with Gasteiger partial charge in [0.2, 0.25) is 5.91 Å². The summed E-state index contributed by atoms with van der Waals surface area (Å²) in [4.78, 5) is 44.1. The van der Waals surface area contributed by atoms with Gasteiger partial charge in [-0.15, -0.1) is 0 Å². The third-order valence-corrected chi connectivity index (χ3v) is 8.37. The van der Waals surface area contributed by atoms with E-state index >= 15 is 8.78 Å². The van der Waals surface area contributed by atoms with Crippen molar-refractivity contribution in [2.45, 2.75) is 38.3 Å². The summed E-state index contributed by atoms with van der Waals surface area (Å²) in [6.45, 7) is 9.16. The van der Waals surface area contributed by atoms with Gasteiger partial charge in [0.1, 0.15) is 17.3 Å². The van der Waals surface area contributed by atoms with Crippen LogP contribution >= 0.6 is 0 Å². The molecule has 43 heavy (non-hydrogen) atoms. The molecule has 3 aromatic heterocycles. The topological polar surface area (TPSA) is 108 Å². The van der Waals surface area contributed by atoms with Crippen LogP contribution in [0.5, 0.6) is 0 Å². The van der Waals surface area contributed by atoms with Gasteiger partial charge in [0.05, 0.1) is 40.1 Å². The lowest BCUT2D eigenvalue weighted by atomic mass is 10.0. The molecule has 220 valence electrons. The summed E-state index contributed by atoms with van der Waals surface area (Å²) >= 11 is 0. The predicted molar refractivity (Wildman–Crippen MR) is 161 cm³/mol. The molecule has 7 rings (SSSR count). The zero-order valence-electron chi connectivity index (χ0n) is 23.8. The molecule has 10 nitrogen and oxygen atoms in total. The number of anilines is 3. The van der Waals surface area contributed by atoms with Gasteiger partial charge < -0.3 is 20.4 Å². The van der Waals surface area contributed by atoms with Gasteiger partial charge >= 0.3 is 5.69 Å². The van der Waals surface area contributed by atoms with Crippen LogP contribution in [0.1, 0.15) is 31.9 Å². The molecule has 2 atom stereocenters. The Labute approximate surface area is 246 Å². The molecule has 12 heteroatoms. The van der Waals surface area contributed by atoms with Gasteiger partial charge in [0, 0.05) is 38.1 Å². The van der Waals surface area contributed by atoms with Crippen LogP contribution in [-0.2, 0) is 4.79 Å². The van der Waals surface area contributed by atoms with Crippen LogP contribution in [0, 0.1) is 11.6 Å². The molecule has 1 saturated carbocycles. The molecule has 5 heterocycles. The smallest absolute Gasteiger partial charge is 0.355 e. The second-order valence-corrected chi connectivity index (χ2v) is 11.3. The fraction of sp³-hybridized carbons (Fsp3) is 0.323. The number of hydrogen-bond donors (Lipinski definition) is 2. The highest BCUT2D eigenvalue weighted by Gasteiger charge is 2.51. The predicted octanol–water partition coefficient (Wildman–Crippen LogP) is 4.06. The Morgan fingerprint density at radius 3 is 2.63 bits per heavy atom. The molecule has 1 amide bonds. The van der Waals surface area contributed by atoms with Crippen molar-refractivity contribution in [1.29, 1.82) is 0 Å². The van der Waals surface area contributed by atoms with E-state index < -0.39 is 17.3 Å². The molecule has 2 N–H and O–H groups in total. The molecule has 0 spiro atoms. The fourth-order valence-corrected chi connectivity index (χ4v) is 6.32. The van der Waals surface area contributed by atoms with Crippen LogP contribution in [0.15, 0.2) is 54.0 Å². The summed E-state index contributed by atoms with van der Waals surface area (Å²) in [6, 6.07) is 7.41. The quantitative estimate of drug-likeness (QED) is 0.347. The van der Waals surface area contributed by atoms with E-state index in [-0.39, 0.29) is 46.6 Å². The molecule has 2 aliphatic heterocycles. The fourth-order valence-electron chi connectivity index (χ4n) is 6.32. The highest BCUT2D eigenvalue weighted by Crippen LogP contribution is 2.42. The molecule has 2 fully saturated rings. The molecule has 1 aromatic carbocycles. The first kappa shape index (κ1) is 27.0. The van der Waals surface area contributed by atoms with E-state index in [1.54, 1.807) is 29.3 Å². The van der Waals surface area contributed by atoms with Gasteiger partial charge in [-0.2, -0.15) is 4.98 Å². The molecule has 4 aromatic rings. The Morgan fingerprint density at radius 1 is 1.07 bits per heavy atom. The number of halogens is 2. The number of aromatic nitrogens is 4. The number of pyridine rings is 2. The number of benzene rings is 1. The molecule has 3 aliphatic rings. The number of nitrogens with zero attached hydrogens (tertiary/aromatic N) is 6. The lowest BCUT2D eigenvalue weighted by Crippen LogP contribution is -2.49. The van der Waals surface area contributed by atoms with Gasteiger partial charge in [-0.1, -0.05) is 26.5 Å². The monoisotopic (exact) mass is 584 g/mol. The normalized spacial score (nSPS) is 19.0. The Balaban J connectivity index is 1.53. The van der Waals surface area contributed by atoms with Crippen molar-refractivity contribution in [3.8, 4) is 16.9 Å². The van der Waals surface area contributed by atoms with Crippen LogP contribution in [0.3, 0.4) is 0 Å². The molecule has 0 unspecified atom stereocenters. The minimum Gasteiger partial charge on any atom is -0.383 e. The van der Waals surface area contributed by atoms with E-state index in [4.69, 9.17) is 4.98 Å². The summed E-state index contributed by atoms with van der Waals surface area (Å²) < 4.78 is 32.9. The van der Waals surface area contributed by atoms with Crippen LogP contribution in [0.25, 0.3) is 28.0 Å². The van der Waals surface area contributed by atoms with Gasteiger partial charge in [-0.25, -0.2) is 23.1 Å². The number of carbonyl (C=O) groups excluding carboxylic acids is 1. The SMILES string of the molecule is C=CC(=O)N1CCN(c2nc(=O)n3c4nc(c(F)cc24)-c2c(F)cccc2NCCNc2ccnc(C(C)C)c2-3)[C@H]2C[C@H]21. The zero-order chi connectivity index (χ0) is 30.0. The summed E-state index contributed by atoms with van der Waals surface area (Å²) in [6.07, 6.45) is 3.67. The van der Waals surface area contributed by atoms with E-state index in [0.29, 0.717) is 60.7 Å². The summed E-state index contributed by atoms with van der Waals surface area (Å²) in [7, 11) is 0. The second kappa shape index (κ2) is 10.1. The number of piperazine rings is 1. The standard InChI is InChI=1S/C31H30F2N8O2/c1-4-24(42)39-12-13-40(23-15-22(23)39)29-17-14-19(33)27-25-18(32)6-5-7-20(25)34-10-11-35-21-8-9-36-26(16(2)3)28(21)41(30(17)37-27)31(43)38-29/h4-9,14,16,22-23,34-35H,1,10-13,15H2,2-3H3/t22-,23+/m1/s1. The lowest BCUT2D eigenvalue weighted by molar-refractivity contribution is -0.126. The number of fused-ring (bicyclic) bond motifs is 6. The molecule has 0 radical (unpaired) electrons. The maximum Gasteiger partial charge on any atom is 0.355 e. The molecule has 2 bridgehead atoms. The maximum absolute atomic E-state index is 16.1. The van der Waals surface area contributed by atoms with Crippen molar-refractivity contribution >= 4 is 34.1 Å². The van der Waals surface area contributed by atoms with Crippen molar-refractivity contribution in [2.75, 3.05) is 41.7 Å². The number of rotatable bonds is 3. The highest BCUT2D eigenvalue weighted by atomic mass is 19.1. The number of carbonyl (C=O) groups is 1. The highest BCUT2D eigenvalue weighted by molar-refractivity contribution is 5.93. The second-order valence-electron chi connectivity index (χ2n) is 11.3. The Hall–Kier alpha value is -4.87. The van der Waals surface area contributed by atoms with E-state index in [1.165, 1.54) is 22.8 Å². The van der Waals surface area contributed by atoms with E-state index in [2.05, 4.69) is 27.2 Å². The van der Waals surface area contributed by atoms with Crippen LogP contribution in [0.4, 0.5) is 26.0 Å². The lowest BCUT2D eigenvalue weighted by Gasteiger charge is -2.35. The van der Waals surface area contributed by atoms with Crippen LogP contribution < -0.4 is 21.2 Å². The first-order valence-electron chi connectivity index (χ1n) is 14.4. The largest absolute Gasteiger partial charge is 0.383 e. The first-order chi connectivity index (χ1) is 20.8. The maximum atomic E-state index is 16.1. The van der Waals surface area contributed by atoms with Gasteiger partial charge in [-0.3, -0.25) is 9.78 Å². The molecular weight excluding hydrogens is 554 g/mol. The van der Waals surface area contributed by atoms with Crippen molar-refractivity contribution < 1.29 is 13.6 Å². The summed E-state index contributed by atoms with van der Waals surface area (Å²) in [5, 5.41) is 6.89. The minimum absolute atomic E-state index is 0.0193. The van der Waals surface area contributed by atoms with E-state index in [0.717, 1.165) is 0 Å². The van der Waals surface area contributed by atoms with E-state index in [1.807, 2.05) is 18.7 Å². The third-order valence-electron chi connectivity index (χ3n) is 8.37. The van der Waals surface area contributed by atoms with Gasteiger partial charge in [0.25, 0.3) is 0 Å². The first-order valence-corrected chi connectivity index (χ1v) is 14.4. The van der Waals surface area contributed by atoms with Crippen molar-refractivity contribution in [3.05, 3.63) is 77.0 Å². The zero-order valence-corrected chi connectivity index (χ0v) is 23.8. The average molecular weight is 585 g/mol. The average Bonchev–Trinajstić information content (AvgIpc) is 3.79. The molecule has 1 saturated heterocycles. The van der Waals surface area contributed by atoms with Gasteiger partial charge in [-0.05, 0) is 42.7 Å². The molecule has 1 aliphatic carbocycles. The van der Waals surface area contributed by atoms with Crippen LogP contribution in [-0.4, -0.2) is 68.6 Å².